The Kier molecular flexibility index (Phi) is 4.29. The molecule has 1 atom stereocenters. The highest BCUT2D eigenvalue weighted by molar-refractivity contribution is 9.10. The van der Waals surface area contributed by atoms with E-state index in [1.807, 2.05) is 25.1 Å². The molecule has 0 spiro atoms. The van der Waals surface area contributed by atoms with Crippen LogP contribution in [-0.2, 0) is 0 Å². The lowest BCUT2D eigenvalue weighted by atomic mass is 9.96. The smallest absolute Gasteiger partial charge is 0.124 e. The van der Waals surface area contributed by atoms with Crippen LogP contribution in [0.3, 0.4) is 0 Å². The Balaban J connectivity index is 2.53. The van der Waals surface area contributed by atoms with Crippen molar-refractivity contribution >= 4 is 27.5 Å². The molecule has 0 aliphatic rings. The zero-order valence-electron chi connectivity index (χ0n) is 10.5. The van der Waals surface area contributed by atoms with Gasteiger partial charge in [0.25, 0.3) is 0 Å². The predicted octanol–water partition coefficient (Wildman–Crippen LogP) is 4.94. The Hall–Kier alpha value is -0.900. The summed E-state index contributed by atoms with van der Waals surface area (Å²) in [5.74, 6) is -0.401. The van der Waals surface area contributed by atoms with Crippen LogP contribution in [0, 0.1) is 19.7 Å². The largest absolute Gasteiger partial charge is 0.384 e. The van der Waals surface area contributed by atoms with Crippen LogP contribution >= 0.6 is 27.5 Å². The van der Waals surface area contributed by atoms with Crippen molar-refractivity contribution in [2.45, 2.75) is 20.0 Å². The van der Waals surface area contributed by atoms with E-state index in [1.165, 1.54) is 12.1 Å². The van der Waals surface area contributed by atoms with Crippen molar-refractivity contribution in [3.8, 4) is 0 Å². The van der Waals surface area contributed by atoms with Crippen LogP contribution in [0.5, 0.6) is 0 Å². The summed E-state index contributed by atoms with van der Waals surface area (Å²) >= 11 is 9.48. The molecule has 0 aromatic heterocycles. The van der Waals surface area contributed by atoms with E-state index in [-0.39, 0.29) is 5.02 Å². The van der Waals surface area contributed by atoms with Crippen LogP contribution in [0.2, 0.25) is 5.02 Å². The SMILES string of the molecule is Cc1ccc(C(O)c2c(C)cc(F)cc2Cl)c(Br)c1. The molecule has 19 heavy (non-hydrogen) atoms. The maximum atomic E-state index is 13.2. The highest BCUT2D eigenvalue weighted by Gasteiger charge is 2.19. The van der Waals surface area contributed by atoms with Crippen molar-refractivity contribution < 1.29 is 9.50 Å². The quantitative estimate of drug-likeness (QED) is 0.819. The summed E-state index contributed by atoms with van der Waals surface area (Å²) in [6, 6.07) is 8.26. The van der Waals surface area contributed by atoms with Crippen LogP contribution in [0.25, 0.3) is 0 Å². The zero-order chi connectivity index (χ0) is 14.2. The average molecular weight is 344 g/mol. The molecule has 1 unspecified atom stereocenters. The summed E-state index contributed by atoms with van der Waals surface area (Å²) in [4.78, 5) is 0. The molecule has 0 saturated heterocycles. The molecule has 0 aliphatic carbocycles. The minimum absolute atomic E-state index is 0.234. The summed E-state index contributed by atoms with van der Waals surface area (Å²) in [5.41, 5.74) is 2.96. The molecule has 0 saturated carbocycles. The first kappa shape index (κ1) is 14.5. The number of benzene rings is 2. The van der Waals surface area contributed by atoms with Gasteiger partial charge in [-0.1, -0.05) is 39.7 Å². The van der Waals surface area contributed by atoms with Gasteiger partial charge in [0.15, 0.2) is 0 Å². The van der Waals surface area contributed by atoms with Crippen molar-refractivity contribution in [1.82, 2.24) is 0 Å². The molecule has 0 amide bonds. The van der Waals surface area contributed by atoms with E-state index in [9.17, 15) is 9.50 Å². The highest BCUT2D eigenvalue weighted by atomic mass is 79.9. The molecule has 2 aromatic carbocycles. The molecule has 2 aromatic rings. The minimum Gasteiger partial charge on any atom is -0.384 e. The number of hydrogen-bond donors (Lipinski definition) is 1. The Morgan fingerprint density at radius 1 is 1.21 bits per heavy atom. The lowest BCUT2D eigenvalue weighted by molar-refractivity contribution is 0.218. The number of aryl methyl sites for hydroxylation is 2. The van der Waals surface area contributed by atoms with Crippen molar-refractivity contribution in [3.63, 3.8) is 0 Å². The van der Waals surface area contributed by atoms with Crippen LogP contribution in [0.15, 0.2) is 34.8 Å². The Bertz CT molecular complexity index is 605. The third-order valence-electron chi connectivity index (χ3n) is 3.03. The molecule has 4 heteroatoms. The van der Waals surface area contributed by atoms with Crippen LogP contribution in [-0.4, -0.2) is 5.11 Å². The number of aliphatic hydroxyl groups excluding tert-OH is 1. The summed E-state index contributed by atoms with van der Waals surface area (Å²) in [7, 11) is 0. The van der Waals surface area contributed by atoms with E-state index in [1.54, 1.807) is 6.92 Å². The van der Waals surface area contributed by atoms with Crippen LogP contribution < -0.4 is 0 Å². The van der Waals surface area contributed by atoms with E-state index >= 15 is 0 Å². The molecular weight excluding hydrogens is 331 g/mol. The first-order chi connectivity index (χ1) is 8.90. The fraction of sp³-hybridized carbons (Fsp3) is 0.200. The second-order valence-electron chi connectivity index (χ2n) is 4.55. The Morgan fingerprint density at radius 3 is 2.47 bits per heavy atom. The summed E-state index contributed by atoms with van der Waals surface area (Å²) in [5, 5.41) is 10.7. The van der Waals surface area contributed by atoms with Crippen LogP contribution in [0.4, 0.5) is 4.39 Å². The molecule has 1 N–H and O–H groups in total. The molecule has 0 aliphatic heterocycles. The highest BCUT2D eigenvalue weighted by Crippen LogP contribution is 2.35. The maximum Gasteiger partial charge on any atom is 0.124 e. The van der Waals surface area contributed by atoms with Crippen molar-refractivity contribution in [2.75, 3.05) is 0 Å². The molecule has 0 bridgehead atoms. The lowest BCUT2D eigenvalue weighted by Crippen LogP contribution is -2.04. The van der Waals surface area contributed by atoms with Gasteiger partial charge in [-0.25, -0.2) is 4.39 Å². The van der Waals surface area contributed by atoms with Gasteiger partial charge in [-0.3, -0.25) is 0 Å². The predicted molar refractivity (Wildman–Crippen MR) is 79.1 cm³/mol. The molecule has 2 rings (SSSR count). The molecule has 1 nitrogen and oxygen atoms in total. The second-order valence-corrected chi connectivity index (χ2v) is 5.81. The number of aliphatic hydroxyl groups is 1. The first-order valence-corrected chi connectivity index (χ1v) is 6.97. The van der Waals surface area contributed by atoms with Gasteiger partial charge in [-0.2, -0.15) is 0 Å². The fourth-order valence-electron chi connectivity index (χ4n) is 2.07. The first-order valence-electron chi connectivity index (χ1n) is 5.80. The van der Waals surface area contributed by atoms with Gasteiger partial charge >= 0.3 is 0 Å². The maximum absolute atomic E-state index is 13.2. The van der Waals surface area contributed by atoms with Crippen molar-refractivity contribution in [2.24, 2.45) is 0 Å². The standard InChI is InChI=1S/C15H13BrClFO/c1-8-3-4-11(12(16)5-8)15(19)14-9(2)6-10(18)7-13(14)17/h3-7,15,19H,1-2H3. The van der Waals surface area contributed by atoms with Crippen molar-refractivity contribution in [1.29, 1.82) is 0 Å². The van der Waals surface area contributed by atoms with Gasteiger partial charge in [0, 0.05) is 15.1 Å². The van der Waals surface area contributed by atoms with E-state index in [2.05, 4.69) is 15.9 Å². The molecule has 100 valence electrons. The average Bonchev–Trinajstić information content (AvgIpc) is 2.26. The molecule has 0 heterocycles. The van der Waals surface area contributed by atoms with E-state index < -0.39 is 11.9 Å². The summed E-state index contributed by atoms with van der Waals surface area (Å²) < 4.78 is 14.0. The Morgan fingerprint density at radius 2 is 1.89 bits per heavy atom. The fourth-order valence-corrected chi connectivity index (χ4v) is 3.14. The summed E-state index contributed by atoms with van der Waals surface area (Å²) in [6.45, 7) is 3.70. The van der Waals surface area contributed by atoms with Gasteiger partial charge in [-0.15, -0.1) is 0 Å². The topological polar surface area (TPSA) is 20.2 Å². The normalized spacial score (nSPS) is 12.5. The second kappa shape index (κ2) is 5.61. The minimum atomic E-state index is -0.886. The van der Waals surface area contributed by atoms with E-state index in [0.717, 1.165) is 10.0 Å². The molecular formula is C15H13BrClFO. The number of hydrogen-bond acceptors (Lipinski definition) is 1. The van der Waals surface area contributed by atoms with Gasteiger partial charge in [-0.05, 0) is 48.7 Å². The monoisotopic (exact) mass is 342 g/mol. The lowest BCUT2D eigenvalue weighted by Gasteiger charge is -2.17. The molecule has 0 radical (unpaired) electrons. The van der Waals surface area contributed by atoms with Gasteiger partial charge in [0.05, 0.1) is 0 Å². The number of halogens is 3. The van der Waals surface area contributed by atoms with Gasteiger partial charge in [0.1, 0.15) is 11.9 Å². The van der Waals surface area contributed by atoms with Gasteiger partial charge in [0.2, 0.25) is 0 Å². The van der Waals surface area contributed by atoms with Crippen LogP contribution in [0.1, 0.15) is 28.4 Å². The Labute approximate surface area is 125 Å². The third kappa shape index (κ3) is 2.99. The number of rotatable bonds is 2. The zero-order valence-corrected chi connectivity index (χ0v) is 12.9. The van der Waals surface area contributed by atoms with Gasteiger partial charge < -0.3 is 5.11 Å². The van der Waals surface area contributed by atoms with E-state index in [0.29, 0.717) is 16.7 Å². The van der Waals surface area contributed by atoms with Crippen molar-refractivity contribution in [3.05, 3.63) is 67.9 Å². The summed E-state index contributed by atoms with van der Waals surface area (Å²) in [6.07, 6.45) is -0.886. The van der Waals surface area contributed by atoms with E-state index in [4.69, 9.17) is 11.6 Å². The molecule has 0 fully saturated rings. The third-order valence-corrected chi connectivity index (χ3v) is 4.02.